The minimum Gasteiger partial charge on any atom is -0.507 e. The van der Waals surface area contributed by atoms with E-state index >= 15 is 0 Å². The SMILES string of the molecule is Cc1cc(Cc2ccccc2)c2[nH]c(=O)cc(O)c2c1. The Morgan fingerprint density at radius 2 is 1.85 bits per heavy atom. The highest BCUT2D eigenvalue weighted by atomic mass is 16.3. The highest BCUT2D eigenvalue weighted by Gasteiger charge is 2.08. The molecule has 1 heterocycles. The Labute approximate surface area is 116 Å². The summed E-state index contributed by atoms with van der Waals surface area (Å²) in [6.45, 7) is 1.98. The fourth-order valence-corrected chi connectivity index (χ4v) is 2.53. The molecular weight excluding hydrogens is 250 g/mol. The average molecular weight is 265 g/mol. The molecule has 1 aromatic heterocycles. The molecule has 3 aromatic rings. The van der Waals surface area contributed by atoms with Crippen LogP contribution in [0.2, 0.25) is 0 Å². The van der Waals surface area contributed by atoms with Crippen LogP contribution in [-0.2, 0) is 6.42 Å². The maximum atomic E-state index is 11.6. The van der Waals surface area contributed by atoms with E-state index in [1.165, 1.54) is 11.6 Å². The van der Waals surface area contributed by atoms with Crippen molar-refractivity contribution in [3.05, 3.63) is 75.6 Å². The van der Waals surface area contributed by atoms with Crippen molar-refractivity contribution in [1.82, 2.24) is 4.98 Å². The van der Waals surface area contributed by atoms with Crippen molar-refractivity contribution < 1.29 is 5.11 Å². The van der Waals surface area contributed by atoms with E-state index in [-0.39, 0.29) is 11.3 Å². The number of aromatic nitrogens is 1. The van der Waals surface area contributed by atoms with E-state index in [0.717, 1.165) is 17.5 Å². The lowest BCUT2D eigenvalue weighted by molar-refractivity contribution is 0.480. The molecule has 0 aliphatic heterocycles. The molecule has 2 N–H and O–H groups in total. The highest BCUT2D eigenvalue weighted by Crippen LogP contribution is 2.26. The van der Waals surface area contributed by atoms with Crippen LogP contribution in [0.15, 0.2) is 53.3 Å². The number of hydrogen-bond acceptors (Lipinski definition) is 2. The third-order valence-corrected chi connectivity index (χ3v) is 3.39. The van der Waals surface area contributed by atoms with E-state index in [4.69, 9.17) is 0 Å². The molecule has 0 atom stereocenters. The van der Waals surface area contributed by atoms with Crippen molar-refractivity contribution in [1.29, 1.82) is 0 Å². The quantitative estimate of drug-likeness (QED) is 0.748. The summed E-state index contributed by atoms with van der Waals surface area (Å²) in [6, 6.07) is 15.2. The lowest BCUT2D eigenvalue weighted by Gasteiger charge is -2.09. The normalized spacial score (nSPS) is 10.8. The number of fused-ring (bicyclic) bond motifs is 1. The zero-order valence-electron chi connectivity index (χ0n) is 11.2. The molecule has 20 heavy (non-hydrogen) atoms. The maximum absolute atomic E-state index is 11.6. The molecular formula is C17H15NO2. The Morgan fingerprint density at radius 3 is 2.60 bits per heavy atom. The van der Waals surface area contributed by atoms with Crippen LogP contribution >= 0.6 is 0 Å². The summed E-state index contributed by atoms with van der Waals surface area (Å²) in [5, 5.41) is 10.6. The van der Waals surface area contributed by atoms with Crippen molar-refractivity contribution in [2.45, 2.75) is 13.3 Å². The fourth-order valence-electron chi connectivity index (χ4n) is 2.53. The van der Waals surface area contributed by atoms with Crippen molar-refractivity contribution in [3.63, 3.8) is 0 Å². The number of aromatic hydroxyl groups is 1. The van der Waals surface area contributed by atoms with E-state index in [9.17, 15) is 9.90 Å². The van der Waals surface area contributed by atoms with Crippen molar-refractivity contribution in [2.75, 3.05) is 0 Å². The molecule has 0 saturated carbocycles. The van der Waals surface area contributed by atoms with Gasteiger partial charge in [0.15, 0.2) is 0 Å². The zero-order valence-corrected chi connectivity index (χ0v) is 11.2. The van der Waals surface area contributed by atoms with Gasteiger partial charge in [0.2, 0.25) is 0 Å². The van der Waals surface area contributed by atoms with E-state index in [2.05, 4.69) is 17.1 Å². The summed E-state index contributed by atoms with van der Waals surface area (Å²) in [7, 11) is 0. The summed E-state index contributed by atoms with van der Waals surface area (Å²) < 4.78 is 0. The van der Waals surface area contributed by atoms with Gasteiger partial charge in [0.1, 0.15) is 5.75 Å². The van der Waals surface area contributed by atoms with Crippen LogP contribution in [-0.4, -0.2) is 10.1 Å². The summed E-state index contributed by atoms with van der Waals surface area (Å²) >= 11 is 0. The number of hydrogen-bond donors (Lipinski definition) is 2. The van der Waals surface area contributed by atoms with Gasteiger partial charge in [-0.25, -0.2) is 0 Å². The average Bonchev–Trinajstić information content (AvgIpc) is 2.41. The van der Waals surface area contributed by atoms with E-state index in [1.807, 2.05) is 37.3 Å². The second-order valence-corrected chi connectivity index (χ2v) is 5.03. The second-order valence-electron chi connectivity index (χ2n) is 5.03. The van der Waals surface area contributed by atoms with Crippen LogP contribution in [0.5, 0.6) is 5.75 Å². The molecule has 2 aromatic carbocycles. The van der Waals surface area contributed by atoms with Gasteiger partial charge in [0, 0.05) is 11.5 Å². The molecule has 3 rings (SSSR count). The number of benzene rings is 2. The van der Waals surface area contributed by atoms with Crippen molar-refractivity contribution in [2.24, 2.45) is 0 Å². The third kappa shape index (κ3) is 2.30. The topological polar surface area (TPSA) is 53.1 Å². The zero-order chi connectivity index (χ0) is 14.1. The minimum atomic E-state index is -0.284. The minimum absolute atomic E-state index is 0.0294. The number of aryl methyl sites for hydroxylation is 1. The van der Waals surface area contributed by atoms with Gasteiger partial charge < -0.3 is 10.1 Å². The van der Waals surface area contributed by atoms with Gasteiger partial charge in [0.05, 0.1) is 5.52 Å². The Morgan fingerprint density at radius 1 is 1.10 bits per heavy atom. The molecule has 0 unspecified atom stereocenters. The van der Waals surface area contributed by atoms with Crippen LogP contribution in [0.3, 0.4) is 0 Å². The van der Waals surface area contributed by atoms with Gasteiger partial charge in [-0.15, -0.1) is 0 Å². The molecule has 0 spiro atoms. The molecule has 0 saturated heterocycles. The predicted molar refractivity (Wildman–Crippen MR) is 80.2 cm³/mol. The highest BCUT2D eigenvalue weighted by molar-refractivity contribution is 5.88. The van der Waals surface area contributed by atoms with E-state index in [0.29, 0.717) is 10.9 Å². The largest absolute Gasteiger partial charge is 0.507 e. The number of nitrogens with one attached hydrogen (secondary N) is 1. The van der Waals surface area contributed by atoms with Crippen LogP contribution in [0.4, 0.5) is 0 Å². The first-order valence-corrected chi connectivity index (χ1v) is 6.53. The fraction of sp³-hybridized carbons (Fsp3) is 0.118. The van der Waals surface area contributed by atoms with Gasteiger partial charge in [0.25, 0.3) is 5.56 Å². The molecule has 3 heteroatoms. The first kappa shape index (κ1) is 12.5. The lowest BCUT2D eigenvalue weighted by Crippen LogP contribution is -2.05. The molecule has 0 amide bonds. The summed E-state index contributed by atoms with van der Waals surface area (Å²) in [5.74, 6) is 0.0294. The van der Waals surface area contributed by atoms with E-state index in [1.54, 1.807) is 0 Å². The smallest absolute Gasteiger partial charge is 0.252 e. The van der Waals surface area contributed by atoms with Crippen LogP contribution in [0.1, 0.15) is 16.7 Å². The van der Waals surface area contributed by atoms with Gasteiger partial charge >= 0.3 is 0 Å². The molecule has 0 fully saturated rings. The van der Waals surface area contributed by atoms with Crippen LogP contribution in [0, 0.1) is 6.92 Å². The van der Waals surface area contributed by atoms with Crippen molar-refractivity contribution >= 4 is 10.9 Å². The third-order valence-electron chi connectivity index (χ3n) is 3.39. The summed E-state index contributed by atoms with van der Waals surface area (Å²) in [4.78, 5) is 14.4. The first-order chi connectivity index (χ1) is 9.63. The molecule has 0 aliphatic rings. The molecule has 0 aliphatic carbocycles. The number of pyridine rings is 1. The summed E-state index contributed by atoms with van der Waals surface area (Å²) in [6.07, 6.45) is 0.721. The van der Waals surface area contributed by atoms with Crippen LogP contribution < -0.4 is 5.56 Å². The van der Waals surface area contributed by atoms with E-state index < -0.39 is 0 Å². The molecule has 0 radical (unpaired) electrons. The predicted octanol–water partition coefficient (Wildman–Crippen LogP) is 3.13. The van der Waals surface area contributed by atoms with Gasteiger partial charge in [-0.3, -0.25) is 4.79 Å². The Hall–Kier alpha value is -2.55. The lowest BCUT2D eigenvalue weighted by atomic mass is 9.99. The van der Waals surface area contributed by atoms with Gasteiger partial charge in [-0.2, -0.15) is 0 Å². The summed E-state index contributed by atoms with van der Waals surface area (Å²) in [5.41, 5.74) is 3.67. The number of H-pyrrole nitrogens is 1. The Kier molecular flexibility index (Phi) is 3.03. The Balaban J connectivity index is 2.22. The monoisotopic (exact) mass is 265 g/mol. The van der Waals surface area contributed by atoms with Crippen molar-refractivity contribution in [3.8, 4) is 5.75 Å². The Bertz CT molecular complexity index is 820. The van der Waals surface area contributed by atoms with Crippen LogP contribution in [0.25, 0.3) is 10.9 Å². The maximum Gasteiger partial charge on any atom is 0.252 e. The molecule has 3 nitrogen and oxygen atoms in total. The molecule has 100 valence electrons. The number of aromatic amines is 1. The number of rotatable bonds is 2. The van der Waals surface area contributed by atoms with Gasteiger partial charge in [-0.1, -0.05) is 36.4 Å². The first-order valence-electron chi connectivity index (χ1n) is 6.53. The second kappa shape index (κ2) is 4.85. The molecule has 0 bridgehead atoms. The van der Waals surface area contributed by atoms with Gasteiger partial charge in [-0.05, 0) is 36.1 Å². The standard InChI is InChI=1S/C17H15NO2/c1-11-7-13(9-12-5-3-2-4-6-12)17-14(8-11)15(19)10-16(20)18-17/h2-8,10H,9H2,1H3,(H2,18,19,20).